The van der Waals surface area contributed by atoms with Gasteiger partial charge < -0.3 is 11.7 Å². The number of benzene rings is 2. The van der Waals surface area contributed by atoms with Crippen LogP contribution in [0, 0.1) is 30.2 Å². The summed E-state index contributed by atoms with van der Waals surface area (Å²) in [6, 6.07) is 9.43. The monoisotopic (exact) mass is 544 g/mol. The molecule has 0 N–H and O–H groups in total. The van der Waals surface area contributed by atoms with E-state index in [2.05, 4.69) is 33.5 Å². The molecule has 0 aliphatic carbocycles. The zero-order chi connectivity index (χ0) is 26.8. The summed E-state index contributed by atoms with van der Waals surface area (Å²) in [6.07, 6.45) is 4.83. The Morgan fingerprint density at radius 3 is 1.40 bits per heavy atom. The Kier molecular flexibility index (Phi) is 24.0. The Morgan fingerprint density at radius 2 is 1.17 bits per heavy atom. The molecule has 1 aliphatic heterocycles. The third kappa shape index (κ3) is 24.9. The molecule has 0 spiro atoms. The Labute approximate surface area is 229 Å². The van der Waals surface area contributed by atoms with E-state index in [-0.39, 0.29) is 18.9 Å². The van der Waals surface area contributed by atoms with Gasteiger partial charge in [-0.1, -0.05) is 76.9 Å². The second-order valence-corrected chi connectivity index (χ2v) is 22.1. The van der Waals surface area contributed by atoms with Crippen molar-refractivity contribution < 1.29 is 41.2 Å². The van der Waals surface area contributed by atoms with Crippen LogP contribution < -0.4 is 24.0 Å². The molecule has 9 heteroatoms. The van der Waals surface area contributed by atoms with Gasteiger partial charge in [0.15, 0.2) is 23.3 Å². The smallest absolute Gasteiger partial charge is 0.381 e. The molecule has 0 bridgehead atoms. The number of unbranched alkanes of at least 4 members (excludes halogenated alkanes) is 1. The van der Waals surface area contributed by atoms with Crippen molar-refractivity contribution >= 4 is 31.7 Å². The van der Waals surface area contributed by atoms with E-state index >= 15 is 0 Å². The molecule has 0 atom stereocenters. The third-order valence-corrected chi connectivity index (χ3v) is 5.77. The summed E-state index contributed by atoms with van der Waals surface area (Å²) in [6.45, 7) is 20.0. The van der Waals surface area contributed by atoms with Gasteiger partial charge in [-0.15, -0.1) is 0 Å². The standard InChI is InChI=1S/C9H12F2Si.C6H4F2.C4H8O.C4H9.C3H9ClSi.Li/c1-12(2,3)8-6-4-5-7(10)9(8)11;7-5-3-1-2-4-6(5)8;1-2-4-5-3-1;1-3-4-2;1-5(2,3)4;/h4-6H,1-3H3;1-4H;1-4H2;1,3-4H2,2H3;1-3H3;/q;;;-1;;+1. The van der Waals surface area contributed by atoms with Crippen LogP contribution in [0.1, 0.15) is 32.6 Å². The van der Waals surface area contributed by atoms with Crippen LogP contribution in [0.4, 0.5) is 17.6 Å². The molecule has 0 amide bonds. The minimum atomic E-state index is -1.72. The van der Waals surface area contributed by atoms with Crippen molar-refractivity contribution in [2.45, 2.75) is 71.9 Å². The maximum absolute atomic E-state index is 13.2. The zero-order valence-corrected chi connectivity index (χ0v) is 25.5. The second-order valence-electron chi connectivity index (χ2n) is 9.51. The van der Waals surface area contributed by atoms with E-state index in [9.17, 15) is 17.6 Å². The van der Waals surface area contributed by atoms with Crippen LogP contribution in [0.15, 0.2) is 42.5 Å². The predicted molar refractivity (Wildman–Crippen MR) is 145 cm³/mol. The Balaban J connectivity index is -0.000000389. The fourth-order valence-electron chi connectivity index (χ4n) is 2.03. The number of hydrogen-bond donors (Lipinski definition) is 0. The number of ether oxygens (including phenoxy) is 1. The Morgan fingerprint density at radius 1 is 0.800 bits per heavy atom. The SMILES string of the molecule is C1CCOC1.C[Si](C)(C)Cl.C[Si](C)(C)c1cccc(F)c1F.Fc1ccccc1F.[CH2-]CCC.[Li+]. The van der Waals surface area contributed by atoms with Gasteiger partial charge in [-0.25, -0.2) is 17.6 Å². The fourth-order valence-corrected chi connectivity index (χ4v) is 3.41. The maximum atomic E-state index is 13.2. The van der Waals surface area contributed by atoms with Gasteiger partial charge in [0.05, 0.1) is 8.07 Å². The van der Waals surface area contributed by atoms with E-state index in [4.69, 9.17) is 15.8 Å². The first-order chi connectivity index (χ1) is 15.6. The average molecular weight is 545 g/mol. The molecule has 2 aromatic carbocycles. The summed E-state index contributed by atoms with van der Waals surface area (Å²) < 4.78 is 54.7. The van der Waals surface area contributed by atoms with Crippen molar-refractivity contribution in [3.8, 4) is 0 Å². The molecule has 0 saturated carbocycles. The van der Waals surface area contributed by atoms with Gasteiger partial charge in [0.25, 0.3) is 0 Å². The summed E-state index contributed by atoms with van der Waals surface area (Å²) >= 11 is 5.67. The Hall–Kier alpha value is -0.559. The largest absolute Gasteiger partial charge is 1.00 e. The molecule has 0 radical (unpaired) electrons. The summed E-state index contributed by atoms with van der Waals surface area (Å²) in [5.74, 6) is -3.01. The molecular weight excluding hydrogens is 503 g/mol. The first-order valence-electron chi connectivity index (χ1n) is 11.6. The van der Waals surface area contributed by atoms with Gasteiger partial charge in [0, 0.05) is 13.2 Å². The second kappa shape index (κ2) is 21.5. The van der Waals surface area contributed by atoms with E-state index in [0.717, 1.165) is 37.8 Å². The molecular formula is C26H42ClF4LiOSi2. The predicted octanol–water partition coefficient (Wildman–Crippen LogP) is 5.96. The number of hydrogen-bond acceptors (Lipinski definition) is 1. The van der Waals surface area contributed by atoms with Crippen molar-refractivity contribution in [3.05, 3.63) is 72.7 Å². The van der Waals surface area contributed by atoms with Crippen LogP contribution >= 0.6 is 11.1 Å². The van der Waals surface area contributed by atoms with Gasteiger partial charge >= 0.3 is 18.9 Å². The van der Waals surface area contributed by atoms with Gasteiger partial charge in [-0.3, -0.25) is 0 Å². The van der Waals surface area contributed by atoms with Crippen LogP contribution in [-0.4, -0.2) is 28.7 Å². The summed E-state index contributed by atoms with van der Waals surface area (Å²) in [5.41, 5.74) is 0. The molecule has 3 rings (SSSR count). The molecule has 1 saturated heterocycles. The molecule has 1 aliphatic rings. The summed E-state index contributed by atoms with van der Waals surface area (Å²) in [5, 5.41) is 0.558. The average Bonchev–Trinajstić information content (AvgIpc) is 3.31. The summed E-state index contributed by atoms with van der Waals surface area (Å²) in [7, 11) is -2.86. The quantitative estimate of drug-likeness (QED) is 0.196. The Bertz CT molecular complexity index is 744. The van der Waals surface area contributed by atoms with Crippen molar-refractivity contribution in [1.29, 1.82) is 0 Å². The van der Waals surface area contributed by atoms with Gasteiger partial charge in [0.1, 0.15) is 7.38 Å². The van der Waals surface area contributed by atoms with E-state index in [1.165, 1.54) is 31.4 Å². The van der Waals surface area contributed by atoms with E-state index in [1.807, 2.05) is 19.6 Å². The maximum Gasteiger partial charge on any atom is 1.00 e. The van der Waals surface area contributed by atoms with Crippen LogP contribution in [0.3, 0.4) is 0 Å². The van der Waals surface area contributed by atoms with Crippen molar-refractivity contribution in [2.24, 2.45) is 0 Å². The molecule has 196 valence electrons. The first-order valence-corrected chi connectivity index (χ1v) is 19.6. The van der Waals surface area contributed by atoms with Crippen molar-refractivity contribution in [1.82, 2.24) is 0 Å². The van der Waals surface area contributed by atoms with Gasteiger partial charge in [-0.05, 0) is 36.2 Å². The third-order valence-electron chi connectivity index (χ3n) is 3.76. The van der Waals surface area contributed by atoms with Crippen LogP contribution in [0.5, 0.6) is 0 Å². The molecule has 2 aromatic rings. The zero-order valence-electron chi connectivity index (χ0n) is 22.8. The van der Waals surface area contributed by atoms with Crippen LogP contribution in [0.25, 0.3) is 0 Å². The van der Waals surface area contributed by atoms with Crippen molar-refractivity contribution in [3.63, 3.8) is 0 Å². The molecule has 1 fully saturated rings. The molecule has 0 aromatic heterocycles. The van der Waals surface area contributed by atoms with E-state index < -0.39 is 38.7 Å². The number of rotatable bonds is 2. The van der Waals surface area contributed by atoms with Gasteiger partial charge in [-0.2, -0.15) is 17.5 Å². The van der Waals surface area contributed by atoms with Crippen molar-refractivity contribution in [2.75, 3.05) is 13.2 Å². The minimum absolute atomic E-state index is 0. The molecule has 0 unspecified atom stereocenters. The first kappa shape index (κ1) is 39.0. The number of halogens is 5. The molecule has 35 heavy (non-hydrogen) atoms. The fraction of sp³-hybridized carbons (Fsp3) is 0.500. The topological polar surface area (TPSA) is 9.23 Å². The molecule has 1 nitrogen and oxygen atoms in total. The molecule has 1 heterocycles. The van der Waals surface area contributed by atoms with Gasteiger partial charge in [0.2, 0.25) is 0 Å². The van der Waals surface area contributed by atoms with E-state index in [0.29, 0.717) is 5.19 Å². The summed E-state index contributed by atoms with van der Waals surface area (Å²) in [4.78, 5) is 0. The van der Waals surface area contributed by atoms with Crippen LogP contribution in [0.2, 0.25) is 39.3 Å². The van der Waals surface area contributed by atoms with E-state index in [1.54, 1.807) is 12.1 Å². The minimum Gasteiger partial charge on any atom is -0.381 e. The normalized spacial score (nSPS) is 12.1. The van der Waals surface area contributed by atoms with Crippen LogP contribution in [-0.2, 0) is 4.74 Å².